The molecule has 1 aromatic heterocycles. The average Bonchev–Trinajstić information content (AvgIpc) is 2.67. The van der Waals surface area contributed by atoms with Crippen molar-refractivity contribution in [3.63, 3.8) is 0 Å². The van der Waals surface area contributed by atoms with Crippen LogP contribution in [-0.4, -0.2) is 17.2 Å². The Hall–Kier alpha value is -1.09. The molecule has 0 aromatic carbocycles. The maximum Gasteiger partial charge on any atom is 0.143 e. The van der Waals surface area contributed by atoms with E-state index in [9.17, 15) is 5.11 Å². The van der Waals surface area contributed by atoms with Crippen LogP contribution in [0, 0.1) is 5.92 Å². The smallest absolute Gasteiger partial charge is 0.143 e. The predicted molar refractivity (Wildman–Crippen MR) is 71.6 cm³/mol. The third-order valence-electron chi connectivity index (χ3n) is 3.87. The van der Waals surface area contributed by atoms with E-state index in [2.05, 4.69) is 4.98 Å². The molecule has 3 heteroatoms. The zero-order valence-corrected chi connectivity index (χ0v) is 11.1. The summed E-state index contributed by atoms with van der Waals surface area (Å²) in [6.45, 7) is 0. The van der Waals surface area contributed by atoms with Crippen LogP contribution in [0.1, 0.15) is 56.7 Å². The van der Waals surface area contributed by atoms with Gasteiger partial charge in [-0.3, -0.25) is 4.98 Å². The summed E-state index contributed by atoms with van der Waals surface area (Å²) in [5, 5.41) is 10.3. The minimum atomic E-state index is -0.496. The number of aliphatic hydroxyl groups excluding tert-OH is 1. The Morgan fingerprint density at radius 2 is 2.06 bits per heavy atom. The van der Waals surface area contributed by atoms with E-state index < -0.39 is 6.10 Å². The van der Waals surface area contributed by atoms with Gasteiger partial charge in [0.25, 0.3) is 0 Å². The van der Waals surface area contributed by atoms with Gasteiger partial charge in [0.15, 0.2) is 0 Å². The Balaban J connectivity index is 1.99. The number of hydrogen-bond donors (Lipinski definition) is 1. The lowest BCUT2D eigenvalue weighted by Crippen LogP contribution is -2.09. The fourth-order valence-electron chi connectivity index (χ4n) is 2.85. The summed E-state index contributed by atoms with van der Waals surface area (Å²) in [7, 11) is 1.62. The van der Waals surface area contributed by atoms with Crippen molar-refractivity contribution in [3.8, 4) is 5.75 Å². The van der Waals surface area contributed by atoms with Crippen molar-refractivity contribution >= 4 is 0 Å². The first kappa shape index (κ1) is 13.3. The molecule has 1 aromatic rings. The Morgan fingerprint density at radius 1 is 1.33 bits per heavy atom. The average molecular weight is 249 g/mol. The monoisotopic (exact) mass is 249 g/mol. The largest absolute Gasteiger partial charge is 0.495 e. The minimum absolute atomic E-state index is 0.496. The van der Waals surface area contributed by atoms with Gasteiger partial charge in [-0.05, 0) is 24.5 Å². The Labute approximate surface area is 109 Å². The molecule has 0 bridgehead atoms. The van der Waals surface area contributed by atoms with Gasteiger partial charge in [0.2, 0.25) is 0 Å². The molecule has 0 saturated heterocycles. The molecule has 1 aliphatic carbocycles. The van der Waals surface area contributed by atoms with Crippen molar-refractivity contribution < 1.29 is 9.84 Å². The summed E-state index contributed by atoms with van der Waals surface area (Å²) >= 11 is 0. The summed E-state index contributed by atoms with van der Waals surface area (Å²) < 4.78 is 5.26. The van der Waals surface area contributed by atoms with Gasteiger partial charge >= 0.3 is 0 Å². The lowest BCUT2D eigenvalue weighted by Gasteiger charge is -2.19. The molecule has 3 nitrogen and oxygen atoms in total. The van der Waals surface area contributed by atoms with Crippen molar-refractivity contribution in [2.75, 3.05) is 7.11 Å². The summed E-state index contributed by atoms with van der Waals surface area (Å²) in [6, 6.07) is 3.69. The summed E-state index contributed by atoms with van der Waals surface area (Å²) in [6.07, 6.45) is 9.82. The first-order chi connectivity index (χ1) is 8.81. The molecule has 100 valence electrons. The molecule has 0 spiro atoms. The van der Waals surface area contributed by atoms with Crippen LogP contribution in [-0.2, 0) is 0 Å². The number of rotatable bonds is 4. The van der Waals surface area contributed by atoms with Crippen molar-refractivity contribution in [3.05, 3.63) is 24.0 Å². The molecule has 0 radical (unpaired) electrons. The number of aliphatic hydroxyl groups is 1. The fourth-order valence-corrected chi connectivity index (χ4v) is 2.85. The van der Waals surface area contributed by atoms with Crippen LogP contribution >= 0.6 is 0 Å². The van der Waals surface area contributed by atoms with Crippen LogP contribution in [0.4, 0.5) is 0 Å². The molecule has 1 N–H and O–H groups in total. The predicted octanol–water partition coefficient (Wildman–Crippen LogP) is 3.48. The van der Waals surface area contributed by atoms with Gasteiger partial charge in [-0.2, -0.15) is 0 Å². The molecule has 1 fully saturated rings. The highest BCUT2D eigenvalue weighted by Gasteiger charge is 2.20. The van der Waals surface area contributed by atoms with Crippen molar-refractivity contribution in [2.24, 2.45) is 5.92 Å². The molecule has 1 saturated carbocycles. The molecule has 18 heavy (non-hydrogen) atoms. The zero-order chi connectivity index (χ0) is 12.8. The molecule has 2 rings (SSSR count). The lowest BCUT2D eigenvalue weighted by molar-refractivity contribution is 0.131. The van der Waals surface area contributed by atoms with Gasteiger partial charge in [0.1, 0.15) is 11.4 Å². The normalized spacial score (nSPS) is 19.2. The van der Waals surface area contributed by atoms with Crippen LogP contribution < -0.4 is 4.74 Å². The maximum absolute atomic E-state index is 10.3. The second-order valence-corrected chi connectivity index (χ2v) is 5.20. The SMILES string of the molecule is COc1cccnc1C(O)CC1CCCCCC1. The Bertz CT molecular complexity index is 359. The number of methoxy groups -OCH3 is 1. The summed E-state index contributed by atoms with van der Waals surface area (Å²) in [5.41, 5.74) is 0.684. The highest BCUT2D eigenvalue weighted by molar-refractivity contribution is 5.28. The van der Waals surface area contributed by atoms with Gasteiger partial charge in [0, 0.05) is 6.20 Å². The van der Waals surface area contributed by atoms with E-state index in [1.54, 1.807) is 13.3 Å². The molecule has 0 aliphatic heterocycles. The summed E-state index contributed by atoms with van der Waals surface area (Å²) in [5.74, 6) is 1.33. The first-order valence-electron chi connectivity index (χ1n) is 6.98. The third-order valence-corrected chi connectivity index (χ3v) is 3.87. The second-order valence-electron chi connectivity index (χ2n) is 5.20. The number of nitrogens with zero attached hydrogens (tertiary/aromatic N) is 1. The van der Waals surface area contributed by atoms with Crippen molar-refractivity contribution in [1.82, 2.24) is 4.98 Å². The van der Waals surface area contributed by atoms with Gasteiger partial charge in [0.05, 0.1) is 13.2 Å². The molecule has 0 amide bonds. The fraction of sp³-hybridized carbons (Fsp3) is 0.667. The third kappa shape index (κ3) is 3.45. The van der Waals surface area contributed by atoms with Gasteiger partial charge in [-0.25, -0.2) is 0 Å². The van der Waals surface area contributed by atoms with Crippen molar-refractivity contribution in [2.45, 2.75) is 51.0 Å². The van der Waals surface area contributed by atoms with E-state index in [0.29, 0.717) is 17.4 Å². The quantitative estimate of drug-likeness (QED) is 0.831. The van der Waals surface area contributed by atoms with Gasteiger partial charge in [-0.1, -0.05) is 38.5 Å². The molecule has 1 atom stereocenters. The van der Waals surface area contributed by atoms with E-state index in [0.717, 1.165) is 6.42 Å². The topological polar surface area (TPSA) is 42.4 Å². The molecule has 1 aliphatic rings. The van der Waals surface area contributed by atoms with E-state index in [4.69, 9.17) is 4.74 Å². The number of ether oxygens (including phenoxy) is 1. The standard InChI is InChI=1S/C15H23NO2/c1-18-14-9-6-10-16-15(14)13(17)11-12-7-4-2-3-5-8-12/h6,9-10,12-13,17H,2-5,7-8,11H2,1H3. The highest BCUT2D eigenvalue weighted by atomic mass is 16.5. The molecule has 1 unspecified atom stereocenters. The van der Waals surface area contributed by atoms with E-state index >= 15 is 0 Å². The Morgan fingerprint density at radius 3 is 2.72 bits per heavy atom. The van der Waals surface area contributed by atoms with E-state index in [1.807, 2.05) is 12.1 Å². The second kappa shape index (κ2) is 6.74. The number of hydrogen-bond acceptors (Lipinski definition) is 3. The molecular formula is C15H23NO2. The first-order valence-corrected chi connectivity index (χ1v) is 6.98. The molecule has 1 heterocycles. The van der Waals surface area contributed by atoms with E-state index in [1.165, 1.54) is 38.5 Å². The Kier molecular flexibility index (Phi) is 5.00. The van der Waals surface area contributed by atoms with Crippen LogP contribution in [0.5, 0.6) is 5.75 Å². The van der Waals surface area contributed by atoms with Gasteiger partial charge < -0.3 is 9.84 Å². The van der Waals surface area contributed by atoms with E-state index in [-0.39, 0.29) is 0 Å². The highest BCUT2D eigenvalue weighted by Crippen LogP contribution is 2.33. The van der Waals surface area contributed by atoms with Crippen molar-refractivity contribution in [1.29, 1.82) is 0 Å². The number of pyridine rings is 1. The van der Waals surface area contributed by atoms with Gasteiger partial charge in [-0.15, -0.1) is 0 Å². The van der Waals surface area contributed by atoms with Crippen LogP contribution in [0.2, 0.25) is 0 Å². The number of aromatic nitrogens is 1. The van der Waals surface area contributed by atoms with Crippen LogP contribution in [0.3, 0.4) is 0 Å². The maximum atomic E-state index is 10.3. The lowest BCUT2D eigenvalue weighted by atomic mass is 9.92. The minimum Gasteiger partial charge on any atom is -0.495 e. The summed E-state index contributed by atoms with van der Waals surface area (Å²) in [4.78, 5) is 4.26. The zero-order valence-electron chi connectivity index (χ0n) is 11.1. The van der Waals surface area contributed by atoms with Crippen LogP contribution in [0.15, 0.2) is 18.3 Å². The molecular weight excluding hydrogens is 226 g/mol. The van der Waals surface area contributed by atoms with Crippen LogP contribution in [0.25, 0.3) is 0 Å².